The van der Waals surface area contributed by atoms with Crippen molar-refractivity contribution in [3.8, 4) is 0 Å². The molecule has 1 saturated heterocycles. The maximum absolute atomic E-state index is 10.9. The maximum atomic E-state index is 10.9. The molecule has 2 unspecified atom stereocenters. The maximum Gasteiger partial charge on any atom is 0.306 e. The highest BCUT2D eigenvalue weighted by atomic mass is 127. The summed E-state index contributed by atoms with van der Waals surface area (Å²) in [5.74, 6) is 0.343. The Morgan fingerprint density at radius 3 is 3.09 bits per heavy atom. The van der Waals surface area contributed by atoms with Crippen molar-refractivity contribution in [2.24, 2.45) is 5.92 Å². The van der Waals surface area contributed by atoms with Gasteiger partial charge >= 0.3 is 5.97 Å². The molecule has 1 aliphatic rings. The van der Waals surface area contributed by atoms with E-state index in [4.69, 9.17) is 7.80 Å². The third-order valence-corrected chi connectivity index (χ3v) is 2.09. The molecule has 4 heteroatoms. The number of carbonyl (C=O) groups is 1. The summed E-state index contributed by atoms with van der Waals surface area (Å²) >= 11 is 1.81. The van der Waals surface area contributed by atoms with Crippen LogP contribution in [-0.2, 0) is 12.6 Å². The quantitative estimate of drug-likeness (QED) is 0.566. The molecule has 0 aromatic carbocycles. The average Bonchev–Trinajstić information content (AvgIpc) is 1.85. The Kier molecular flexibility index (Phi) is 3.58. The Bertz CT molecular complexity index is 149. The fraction of sp³-hybridized carbons (Fsp3) is 0.857. The minimum absolute atomic E-state index is 0.0249. The van der Waals surface area contributed by atoms with Crippen LogP contribution in [0.2, 0.25) is 0 Å². The van der Waals surface area contributed by atoms with E-state index in [9.17, 15) is 4.79 Å². The van der Waals surface area contributed by atoms with Crippen LogP contribution in [0.3, 0.4) is 0 Å². The Balaban J connectivity index is 2.36. The number of halogens is 1. The fourth-order valence-electron chi connectivity index (χ4n) is 1.27. The Hall–Kier alpha value is 0.160. The highest BCUT2D eigenvalue weighted by Gasteiger charge is 2.25. The molecule has 1 fully saturated rings. The summed E-state index contributed by atoms with van der Waals surface area (Å²) in [5.41, 5.74) is 0. The average molecular weight is 270 g/mol. The van der Waals surface area contributed by atoms with Gasteiger partial charge in [-0.05, 0) is 12.3 Å². The van der Waals surface area contributed by atoms with Crippen LogP contribution in [0.25, 0.3) is 0 Å². The van der Waals surface area contributed by atoms with Gasteiger partial charge in [-0.2, -0.15) is 0 Å². The molecule has 1 aliphatic heterocycles. The van der Waals surface area contributed by atoms with Crippen LogP contribution < -0.4 is 0 Å². The van der Waals surface area contributed by atoms with Gasteiger partial charge in [0.2, 0.25) is 0 Å². The molecule has 1 rings (SSSR count). The van der Waals surface area contributed by atoms with Gasteiger partial charge in [0.05, 0.1) is 6.61 Å². The minimum atomic E-state index is -0.0952. The molecule has 0 saturated carbocycles. The molecule has 0 N–H and O–H groups in total. The third kappa shape index (κ3) is 2.94. The summed E-state index contributed by atoms with van der Waals surface area (Å²) in [7, 11) is 0. The highest BCUT2D eigenvalue weighted by Crippen LogP contribution is 2.20. The van der Waals surface area contributed by atoms with E-state index in [0.29, 0.717) is 18.9 Å². The van der Waals surface area contributed by atoms with Crippen molar-refractivity contribution < 1.29 is 12.6 Å². The highest BCUT2D eigenvalue weighted by molar-refractivity contribution is 14.1. The van der Waals surface area contributed by atoms with E-state index in [0.717, 1.165) is 6.42 Å². The van der Waals surface area contributed by atoms with E-state index >= 15 is 0 Å². The van der Waals surface area contributed by atoms with E-state index in [1.165, 1.54) is 0 Å². The van der Waals surface area contributed by atoms with Gasteiger partial charge in [0.25, 0.3) is 0 Å². The van der Waals surface area contributed by atoms with Crippen molar-refractivity contribution in [2.45, 2.75) is 25.9 Å². The summed E-state index contributed by atoms with van der Waals surface area (Å²) in [6, 6.07) is 0. The van der Waals surface area contributed by atoms with Gasteiger partial charge in [0.15, 0.2) is 0 Å². The van der Waals surface area contributed by atoms with E-state index in [2.05, 4.69) is 6.92 Å². The lowest BCUT2D eigenvalue weighted by molar-refractivity contribution is -0.157. The molecule has 0 bridgehead atoms. The van der Waals surface area contributed by atoms with Crippen LogP contribution in [0, 0.1) is 5.92 Å². The van der Waals surface area contributed by atoms with Crippen molar-refractivity contribution in [1.29, 1.82) is 0 Å². The topological polar surface area (TPSA) is 35.5 Å². The number of hydrogen-bond acceptors (Lipinski definition) is 3. The molecule has 0 aromatic heterocycles. The first-order chi connectivity index (χ1) is 5.22. The molecule has 64 valence electrons. The van der Waals surface area contributed by atoms with Crippen molar-refractivity contribution in [1.82, 2.24) is 0 Å². The molecule has 3 nitrogen and oxygen atoms in total. The molecule has 0 aliphatic carbocycles. The van der Waals surface area contributed by atoms with Crippen LogP contribution >= 0.6 is 23.0 Å². The van der Waals surface area contributed by atoms with Gasteiger partial charge < -0.3 is 7.80 Å². The Morgan fingerprint density at radius 2 is 2.55 bits per heavy atom. The van der Waals surface area contributed by atoms with Crippen LogP contribution in [0.4, 0.5) is 0 Å². The number of ether oxygens (including phenoxy) is 1. The SMILES string of the molecule is CC1CC(=O)OC(COI)C1. The Labute approximate surface area is 80.1 Å². The molecule has 11 heavy (non-hydrogen) atoms. The second kappa shape index (κ2) is 4.25. The van der Waals surface area contributed by atoms with E-state index in [1.807, 2.05) is 23.0 Å². The Morgan fingerprint density at radius 1 is 1.82 bits per heavy atom. The summed E-state index contributed by atoms with van der Waals surface area (Å²) in [6.07, 6.45) is 1.45. The smallest absolute Gasteiger partial charge is 0.306 e. The first-order valence-corrected chi connectivity index (χ1v) is 4.53. The zero-order valence-electron chi connectivity index (χ0n) is 6.38. The minimum Gasteiger partial charge on any atom is -0.460 e. The fourth-order valence-corrected chi connectivity index (χ4v) is 1.67. The standard InChI is InChI=1S/C7H11IO3/c1-5-2-6(4-10-8)11-7(9)3-5/h5-6H,2-4H2,1H3. The summed E-state index contributed by atoms with van der Waals surface area (Å²) < 4.78 is 9.90. The predicted octanol–water partition coefficient (Wildman–Crippen LogP) is 1.69. The van der Waals surface area contributed by atoms with E-state index < -0.39 is 0 Å². The first kappa shape index (κ1) is 9.25. The van der Waals surface area contributed by atoms with Crippen LogP contribution in [0.5, 0.6) is 0 Å². The molecule has 1 heterocycles. The van der Waals surface area contributed by atoms with Gasteiger partial charge in [-0.3, -0.25) is 4.79 Å². The molecule has 0 aromatic rings. The van der Waals surface area contributed by atoms with Crippen molar-refractivity contribution in [3.05, 3.63) is 0 Å². The van der Waals surface area contributed by atoms with Crippen LogP contribution in [0.1, 0.15) is 19.8 Å². The van der Waals surface area contributed by atoms with Gasteiger partial charge in [-0.15, -0.1) is 0 Å². The molecule has 0 radical (unpaired) electrons. The second-order valence-electron chi connectivity index (χ2n) is 2.93. The van der Waals surface area contributed by atoms with Gasteiger partial charge in [0, 0.05) is 6.42 Å². The van der Waals surface area contributed by atoms with Crippen molar-refractivity contribution in [3.63, 3.8) is 0 Å². The predicted molar refractivity (Wildman–Crippen MR) is 48.3 cm³/mol. The zero-order valence-corrected chi connectivity index (χ0v) is 8.54. The number of rotatable bonds is 2. The molecule has 0 spiro atoms. The first-order valence-electron chi connectivity index (χ1n) is 3.65. The van der Waals surface area contributed by atoms with Crippen LogP contribution in [0.15, 0.2) is 0 Å². The lowest BCUT2D eigenvalue weighted by atomic mass is 9.98. The summed E-state index contributed by atoms with van der Waals surface area (Å²) in [6.45, 7) is 2.57. The van der Waals surface area contributed by atoms with E-state index in [-0.39, 0.29) is 12.1 Å². The number of hydrogen-bond donors (Lipinski definition) is 0. The molecular weight excluding hydrogens is 259 g/mol. The molecule has 2 atom stereocenters. The second-order valence-corrected chi connectivity index (χ2v) is 3.56. The molecule has 0 amide bonds. The summed E-state index contributed by atoms with van der Waals surface area (Å²) in [5, 5.41) is 0. The lowest BCUT2D eigenvalue weighted by Gasteiger charge is -2.25. The third-order valence-electron chi connectivity index (χ3n) is 1.73. The molecular formula is C7H11IO3. The van der Waals surface area contributed by atoms with E-state index in [1.54, 1.807) is 0 Å². The van der Waals surface area contributed by atoms with Crippen molar-refractivity contribution in [2.75, 3.05) is 6.61 Å². The normalized spacial score (nSPS) is 31.6. The number of carbonyl (C=O) groups excluding carboxylic acids is 1. The number of esters is 1. The van der Waals surface area contributed by atoms with Crippen LogP contribution in [-0.4, -0.2) is 18.7 Å². The largest absolute Gasteiger partial charge is 0.460 e. The van der Waals surface area contributed by atoms with Gasteiger partial charge in [0.1, 0.15) is 29.1 Å². The zero-order chi connectivity index (χ0) is 8.27. The monoisotopic (exact) mass is 270 g/mol. The summed E-state index contributed by atoms with van der Waals surface area (Å²) in [4.78, 5) is 10.9. The van der Waals surface area contributed by atoms with Crippen molar-refractivity contribution >= 4 is 29.0 Å². The van der Waals surface area contributed by atoms with Gasteiger partial charge in [-0.25, -0.2) is 0 Å². The number of cyclic esters (lactones) is 1. The van der Waals surface area contributed by atoms with Gasteiger partial charge in [-0.1, -0.05) is 6.92 Å². The lowest BCUT2D eigenvalue weighted by Crippen LogP contribution is -2.30.